The van der Waals surface area contributed by atoms with Crippen LogP contribution in [0, 0.1) is 0 Å². The van der Waals surface area contributed by atoms with Crippen molar-refractivity contribution < 1.29 is 13.2 Å². The fourth-order valence-corrected chi connectivity index (χ4v) is 1.63. The van der Waals surface area contributed by atoms with E-state index in [1.165, 1.54) is 12.1 Å². The van der Waals surface area contributed by atoms with Crippen LogP contribution >= 0.6 is 0 Å². The van der Waals surface area contributed by atoms with Gasteiger partial charge in [0.2, 0.25) is 0 Å². The molecule has 0 radical (unpaired) electrons. The Morgan fingerprint density at radius 3 is 2.17 bits per heavy atom. The van der Waals surface area contributed by atoms with Crippen LogP contribution in [0.5, 0.6) is 0 Å². The number of hydrogen-bond donors (Lipinski definition) is 1. The van der Waals surface area contributed by atoms with E-state index in [1.807, 2.05) is 0 Å². The number of pyridine rings is 1. The number of nitrogens with two attached hydrogens (primary N) is 1. The molecule has 0 aliphatic heterocycles. The van der Waals surface area contributed by atoms with Crippen LogP contribution in [-0.2, 0) is 6.18 Å². The lowest BCUT2D eigenvalue weighted by Crippen LogP contribution is -2.12. The Morgan fingerprint density at radius 2 is 1.67 bits per heavy atom. The second-order valence-electron chi connectivity index (χ2n) is 3.88. The van der Waals surface area contributed by atoms with Gasteiger partial charge in [0.25, 0.3) is 0 Å². The van der Waals surface area contributed by atoms with Crippen LogP contribution in [0.2, 0.25) is 0 Å². The van der Waals surface area contributed by atoms with Crippen molar-refractivity contribution in [3.63, 3.8) is 0 Å². The summed E-state index contributed by atoms with van der Waals surface area (Å²) in [6, 6.07) is 7.90. The molecule has 0 bridgehead atoms. The Bertz CT molecular complexity index is 506. The minimum absolute atomic E-state index is 0.471. The van der Waals surface area contributed by atoms with Gasteiger partial charge in [0.15, 0.2) is 0 Å². The highest BCUT2D eigenvalue weighted by Gasteiger charge is 2.30. The summed E-state index contributed by atoms with van der Waals surface area (Å²) < 4.78 is 37.2. The molecule has 0 amide bonds. The number of hydrogen-bond acceptors (Lipinski definition) is 2. The molecule has 0 aliphatic carbocycles. The third-order valence-corrected chi connectivity index (χ3v) is 2.64. The summed E-state index contributed by atoms with van der Waals surface area (Å²) in [6.07, 6.45) is -1.11. The molecule has 0 spiro atoms. The van der Waals surface area contributed by atoms with Gasteiger partial charge in [-0.25, -0.2) is 0 Å². The normalized spacial score (nSPS) is 13.3. The molecular weight excluding hydrogens is 241 g/mol. The second-order valence-corrected chi connectivity index (χ2v) is 3.88. The minimum Gasteiger partial charge on any atom is -0.320 e. The first-order chi connectivity index (χ1) is 8.48. The molecule has 2 rings (SSSR count). The number of nitrogens with zero attached hydrogens (tertiary/aromatic N) is 1. The van der Waals surface area contributed by atoms with Gasteiger partial charge >= 0.3 is 6.18 Å². The summed E-state index contributed by atoms with van der Waals surface area (Å²) in [6.45, 7) is 0. The standard InChI is InChI=1S/C13H11F3N2/c14-13(15,16)11-5-3-9(4-6-11)12(17)10-2-1-7-18-8-10/h1-8,12H,17H2. The van der Waals surface area contributed by atoms with Crippen molar-refractivity contribution in [3.05, 3.63) is 65.5 Å². The highest BCUT2D eigenvalue weighted by molar-refractivity contribution is 5.32. The van der Waals surface area contributed by atoms with Crippen LogP contribution in [0.25, 0.3) is 0 Å². The molecule has 1 aromatic heterocycles. The van der Waals surface area contributed by atoms with E-state index in [4.69, 9.17) is 5.73 Å². The van der Waals surface area contributed by atoms with Crippen molar-refractivity contribution in [3.8, 4) is 0 Å². The van der Waals surface area contributed by atoms with Gasteiger partial charge in [-0.15, -0.1) is 0 Å². The fourth-order valence-electron chi connectivity index (χ4n) is 1.63. The first kappa shape index (κ1) is 12.6. The zero-order chi connectivity index (χ0) is 13.2. The molecular formula is C13H11F3N2. The molecule has 2 N–H and O–H groups in total. The third-order valence-electron chi connectivity index (χ3n) is 2.64. The van der Waals surface area contributed by atoms with Gasteiger partial charge in [-0.1, -0.05) is 18.2 Å². The molecule has 1 unspecified atom stereocenters. The lowest BCUT2D eigenvalue weighted by Gasteiger charge is -2.13. The number of benzene rings is 1. The molecule has 0 aliphatic rings. The molecule has 5 heteroatoms. The molecule has 1 aromatic carbocycles. The Labute approximate surface area is 102 Å². The van der Waals surface area contributed by atoms with Gasteiger partial charge in [-0.3, -0.25) is 4.98 Å². The molecule has 2 nitrogen and oxygen atoms in total. The SMILES string of the molecule is NC(c1ccc(C(F)(F)F)cc1)c1cccnc1. The van der Waals surface area contributed by atoms with Crippen molar-refractivity contribution in [2.75, 3.05) is 0 Å². The monoisotopic (exact) mass is 252 g/mol. The van der Waals surface area contributed by atoms with Crippen molar-refractivity contribution in [1.29, 1.82) is 0 Å². The van der Waals surface area contributed by atoms with Crippen molar-refractivity contribution >= 4 is 0 Å². The summed E-state index contributed by atoms with van der Waals surface area (Å²) >= 11 is 0. The lowest BCUT2D eigenvalue weighted by atomic mass is 10.00. The van der Waals surface area contributed by atoms with Crippen LogP contribution in [-0.4, -0.2) is 4.98 Å². The van der Waals surface area contributed by atoms with E-state index in [0.29, 0.717) is 5.56 Å². The first-order valence-electron chi connectivity index (χ1n) is 5.31. The predicted molar refractivity (Wildman–Crippen MR) is 61.7 cm³/mol. The number of aromatic nitrogens is 1. The number of rotatable bonds is 2. The van der Waals surface area contributed by atoms with Crippen LogP contribution in [0.3, 0.4) is 0 Å². The van der Waals surface area contributed by atoms with E-state index in [0.717, 1.165) is 17.7 Å². The van der Waals surface area contributed by atoms with Crippen molar-refractivity contribution in [2.24, 2.45) is 5.73 Å². The van der Waals surface area contributed by atoms with Gasteiger partial charge in [-0.05, 0) is 29.3 Å². The Balaban J connectivity index is 2.25. The summed E-state index contributed by atoms with van der Waals surface area (Å²) in [5.41, 5.74) is 6.66. The molecule has 18 heavy (non-hydrogen) atoms. The van der Waals surface area contributed by atoms with Crippen molar-refractivity contribution in [1.82, 2.24) is 4.98 Å². The predicted octanol–water partition coefficient (Wildman–Crippen LogP) is 3.15. The number of alkyl halides is 3. The van der Waals surface area contributed by atoms with Gasteiger partial charge in [-0.2, -0.15) is 13.2 Å². The summed E-state index contributed by atoms with van der Waals surface area (Å²) in [7, 11) is 0. The highest BCUT2D eigenvalue weighted by Crippen LogP contribution is 2.30. The van der Waals surface area contributed by atoms with Gasteiger partial charge in [0, 0.05) is 12.4 Å². The van der Waals surface area contributed by atoms with Crippen LogP contribution in [0.15, 0.2) is 48.8 Å². The summed E-state index contributed by atoms with van der Waals surface area (Å²) in [5, 5.41) is 0. The smallest absolute Gasteiger partial charge is 0.320 e. The second kappa shape index (κ2) is 4.78. The fraction of sp³-hybridized carbons (Fsp3) is 0.154. The molecule has 0 saturated heterocycles. The molecule has 1 atom stereocenters. The van der Waals surface area contributed by atoms with Gasteiger partial charge in [0.1, 0.15) is 0 Å². The van der Waals surface area contributed by atoms with Crippen LogP contribution in [0.4, 0.5) is 13.2 Å². The summed E-state index contributed by atoms with van der Waals surface area (Å²) in [4.78, 5) is 3.93. The highest BCUT2D eigenvalue weighted by atomic mass is 19.4. The molecule has 2 aromatic rings. The van der Waals surface area contributed by atoms with E-state index in [-0.39, 0.29) is 0 Å². The molecule has 1 heterocycles. The molecule has 0 saturated carbocycles. The maximum atomic E-state index is 12.4. The lowest BCUT2D eigenvalue weighted by molar-refractivity contribution is -0.137. The van der Waals surface area contributed by atoms with E-state index >= 15 is 0 Å². The van der Waals surface area contributed by atoms with Crippen LogP contribution in [0.1, 0.15) is 22.7 Å². The van der Waals surface area contributed by atoms with E-state index in [1.54, 1.807) is 24.5 Å². The zero-order valence-corrected chi connectivity index (χ0v) is 9.35. The Kier molecular flexibility index (Phi) is 3.34. The maximum Gasteiger partial charge on any atom is 0.416 e. The Hall–Kier alpha value is -1.88. The molecule has 0 fully saturated rings. The topological polar surface area (TPSA) is 38.9 Å². The van der Waals surface area contributed by atoms with E-state index < -0.39 is 17.8 Å². The van der Waals surface area contributed by atoms with Crippen molar-refractivity contribution in [2.45, 2.75) is 12.2 Å². The van der Waals surface area contributed by atoms with Crippen LogP contribution < -0.4 is 5.73 Å². The Morgan fingerprint density at radius 1 is 1.00 bits per heavy atom. The van der Waals surface area contributed by atoms with E-state index in [2.05, 4.69) is 4.98 Å². The minimum atomic E-state index is -4.32. The van der Waals surface area contributed by atoms with Gasteiger partial charge < -0.3 is 5.73 Å². The average molecular weight is 252 g/mol. The maximum absolute atomic E-state index is 12.4. The number of halogens is 3. The summed E-state index contributed by atoms with van der Waals surface area (Å²) in [5.74, 6) is 0. The quantitative estimate of drug-likeness (QED) is 0.891. The third kappa shape index (κ3) is 2.68. The largest absolute Gasteiger partial charge is 0.416 e. The average Bonchev–Trinajstić information content (AvgIpc) is 2.38. The van der Waals surface area contributed by atoms with E-state index in [9.17, 15) is 13.2 Å². The van der Waals surface area contributed by atoms with Gasteiger partial charge in [0.05, 0.1) is 11.6 Å². The first-order valence-corrected chi connectivity index (χ1v) is 5.31. The molecule has 94 valence electrons. The zero-order valence-electron chi connectivity index (χ0n) is 9.35.